The predicted octanol–water partition coefficient (Wildman–Crippen LogP) is 3.84. The van der Waals surface area contributed by atoms with Crippen molar-refractivity contribution in [3.63, 3.8) is 0 Å². The van der Waals surface area contributed by atoms with Crippen LogP contribution in [0.3, 0.4) is 0 Å². The van der Waals surface area contributed by atoms with E-state index in [0.29, 0.717) is 31.3 Å². The molecular formula is C24H31N5O3S. The SMILES string of the molecule is CCOc1ccc(CCNC(=O)CSc2nnnn2-c2c(C)cc(C)cc2C)cc1OCC. The Morgan fingerprint density at radius 2 is 1.73 bits per heavy atom. The molecule has 1 aromatic heterocycles. The predicted molar refractivity (Wildman–Crippen MR) is 130 cm³/mol. The summed E-state index contributed by atoms with van der Waals surface area (Å²) in [5.74, 6) is 1.63. The van der Waals surface area contributed by atoms with Gasteiger partial charge in [-0.25, -0.2) is 0 Å². The van der Waals surface area contributed by atoms with Gasteiger partial charge in [-0.1, -0.05) is 35.5 Å². The van der Waals surface area contributed by atoms with Crippen molar-refractivity contribution >= 4 is 17.7 Å². The molecule has 0 aliphatic carbocycles. The molecule has 176 valence electrons. The van der Waals surface area contributed by atoms with E-state index in [1.807, 2.05) is 45.9 Å². The number of thioether (sulfide) groups is 1. The maximum Gasteiger partial charge on any atom is 0.230 e. The number of hydrogen-bond acceptors (Lipinski definition) is 7. The fourth-order valence-electron chi connectivity index (χ4n) is 3.69. The quantitative estimate of drug-likeness (QED) is 0.427. The standard InChI is InChI=1S/C24H31N5O3S/c1-6-31-20-9-8-19(14-21(20)32-7-2)10-11-25-22(30)15-33-24-26-27-28-29(24)23-17(4)12-16(3)13-18(23)5/h8-9,12-14H,6-7,10-11,15H2,1-5H3,(H,25,30). The van der Waals surface area contributed by atoms with Crippen molar-refractivity contribution in [3.8, 4) is 17.2 Å². The van der Waals surface area contributed by atoms with Crippen LogP contribution in [0.15, 0.2) is 35.5 Å². The minimum absolute atomic E-state index is 0.0668. The Bertz CT molecular complexity index is 1080. The maximum absolute atomic E-state index is 12.4. The number of hydrogen-bond donors (Lipinski definition) is 1. The van der Waals surface area contributed by atoms with Crippen molar-refractivity contribution in [3.05, 3.63) is 52.6 Å². The van der Waals surface area contributed by atoms with Crippen LogP contribution < -0.4 is 14.8 Å². The molecule has 1 heterocycles. The average Bonchev–Trinajstić information content (AvgIpc) is 3.22. The van der Waals surface area contributed by atoms with E-state index < -0.39 is 0 Å². The van der Waals surface area contributed by atoms with Gasteiger partial charge < -0.3 is 14.8 Å². The highest BCUT2D eigenvalue weighted by molar-refractivity contribution is 7.99. The van der Waals surface area contributed by atoms with Crippen LogP contribution in [0.1, 0.15) is 36.1 Å². The second-order valence-corrected chi connectivity index (χ2v) is 8.60. The molecule has 2 aromatic carbocycles. The van der Waals surface area contributed by atoms with Crippen LogP contribution in [0.5, 0.6) is 11.5 Å². The lowest BCUT2D eigenvalue weighted by Crippen LogP contribution is -2.27. The Morgan fingerprint density at radius 1 is 1.03 bits per heavy atom. The minimum Gasteiger partial charge on any atom is -0.490 e. The summed E-state index contributed by atoms with van der Waals surface area (Å²) in [4.78, 5) is 12.4. The monoisotopic (exact) mass is 469 g/mol. The Balaban J connectivity index is 1.55. The lowest BCUT2D eigenvalue weighted by molar-refractivity contribution is -0.118. The zero-order chi connectivity index (χ0) is 23.8. The highest BCUT2D eigenvalue weighted by Gasteiger charge is 2.15. The van der Waals surface area contributed by atoms with E-state index in [4.69, 9.17) is 9.47 Å². The van der Waals surface area contributed by atoms with Crippen LogP contribution >= 0.6 is 11.8 Å². The van der Waals surface area contributed by atoms with Gasteiger partial charge in [0.25, 0.3) is 0 Å². The molecule has 0 aliphatic heterocycles. The van der Waals surface area contributed by atoms with Gasteiger partial charge in [0.2, 0.25) is 11.1 Å². The number of rotatable bonds is 11. The summed E-state index contributed by atoms with van der Waals surface area (Å²) in [6.07, 6.45) is 0.697. The fourth-order valence-corrected chi connectivity index (χ4v) is 4.40. The molecule has 0 atom stereocenters. The Kier molecular flexibility index (Phi) is 8.71. The van der Waals surface area contributed by atoms with Gasteiger partial charge in [-0.15, -0.1) is 5.10 Å². The number of benzene rings is 2. The second-order valence-electron chi connectivity index (χ2n) is 7.66. The van der Waals surface area contributed by atoms with Gasteiger partial charge in [0.05, 0.1) is 24.7 Å². The number of carbonyl (C=O) groups is 1. The minimum atomic E-state index is -0.0668. The molecule has 0 aliphatic rings. The molecule has 9 heteroatoms. The topological polar surface area (TPSA) is 91.2 Å². The summed E-state index contributed by atoms with van der Waals surface area (Å²) < 4.78 is 13.0. The summed E-state index contributed by atoms with van der Waals surface area (Å²) >= 11 is 1.32. The Hall–Kier alpha value is -3.07. The molecule has 0 bridgehead atoms. The molecule has 0 unspecified atom stereocenters. The van der Waals surface area contributed by atoms with Gasteiger partial charge in [0.15, 0.2) is 11.5 Å². The van der Waals surface area contributed by atoms with Gasteiger partial charge in [-0.2, -0.15) is 4.68 Å². The van der Waals surface area contributed by atoms with Crippen molar-refractivity contribution in [2.24, 2.45) is 0 Å². The van der Waals surface area contributed by atoms with Crippen molar-refractivity contribution < 1.29 is 14.3 Å². The molecule has 0 saturated carbocycles. The third-order valence-electron chi connectivity index (χ3n) is 4.96. The number of amides is 1. The molecule has 1 N–H and O–H groups in total. The van der Waals surface area contributed by atoms with E-state index in [1.165, 1.54) is 17.3 Å². The normalized spacial score (nSPS) is 10.8. The summed E-state index contributed by atoms with van der Waals surface area (Å²) in [5, 5.41) is 15.6. The highest BCUT2D eigenvalue weighted by Crippen LogP contribution is 2.29. The lowest BCUT2D eigenvalue weighted by atomic mass is 10.1. The lowest BCUT2D eigenvalue weighted by Gasteiger charge is -2.13. The van der Waals surface area contributed by atoms with Gasteiger partial charge >= 0.3 is 0 Å². The van der Waals surface area contributed by atoms with Crippen LogP contribution in [-0.2, 0) is 11.2 Å². The number of nitrogens with zero attached hydrogens (tertiary/aromatic N) is 4. The molecule has 8 nitrogen and oxygen atoms in total. The molecule has 0 fully saturated rings. The Labute approximate surface area is 199 Å². The molecular weight excluding hydrogens is 438 g/mol. The summed E-state index contributed by atoms with van der Waals surface area (Å²) in [6.45, 7) is 11.7. The fraction of sp³-hybridized carbons (Fsp3) is 0.417. The van der Waals surface area contributed by atoms with Crippen molar-refractivity contribution in [1.29, 1.82) is 0 Å². The molecule has 3 rings (SSSR count). The number of tetrazole rings is 1. The first-order valence-corrected chi connectivity index (χ1v) is 12.1. The second kappa shape index (κ2) is 11.7. The van der Waals surface area contributed by atoms with Crippen LogP contribution in [0.2, 0.25) is 0 Å². The number of ether oxygens (including phenoxy) is 2. The zero-order valence-corrected chi connectivity index (χ0v) is 20.7. The molecule has 0 spiro atoms. The molecule has 33 heavy (non-hydrogen) atoms. The largest absolute Gasteiger partial charge is 0.490 e. The average molecular weight is 470 g/mol. The molecule has 1 amide bonds. The van der Waals surface area contributed by atoms with Gasteiger partial charge in [0, 0.05) is 6.54 Å². The third-order valence-corrected chi connectivity index (χ3v) is 5.88. The first-order valence-electron chi connectivity index (χ1n) is 11.1. The van der Waals surface area contributed by atoms with Gasteiger partial charge in [-0.3, -0.25) is 4.79 Å². The van der Waals surface area contributed by atoms with Gasteiger partial charge in [-0.05, 0) is 80.3 Å². The number of nitrogens with one attached hydrogen (secondary N) is 1. The van der Waals surface area contributed by atoms with Gasteiger partial charge in [0.1, 0.15) is 0 Å². The molecule has 0 radical (unpaired) electrons. The number of carbonyl (C=O) groups excluding carboxylic acids is 1. The van der Waals surface area contributed by atoms with Crippen LogP contribution in [-0.4, -0.2) is 51.6 Å². The Morgan fingerprint density at radius 3 is 2.42 bits per heavy atom. The van der Waals surface area contributed by atoms with E-state index in [0.717, 1.165) is 33.9 Å². The van der Waals surface area contributed by atoms with Crippen LogP contribution in [0, 0.1) is 20.8 Å². The third kappa shape index (κ3) is 6.47. The van der Waals surface area contributed by atoms with E-state index in [2.05, 4.69) is 39.9 Å². The van der Waals surface area contributed by atoms with E-state index in [-0.39, 0.29) is 11.7 Å². The maximum atomic E-state index is 12.4. The van der Waals surface area contributed by atoms with Crippen molar-refractivity contribution in [2.75, 3.05) is 25.5 Å². The summed E-state index contributed by atoms with van der Waals surface area (Å²) in [7, 11) is 0. The summed E-state index contributed by atoms with van der Waals surface area (Å²) in [5.41, 5.74) is 5.40. The zero-order valence-electron chi connectivity index (χ0n) is 19.8. The van der Waals surface area contributed by atoms with E-state index in [1.54, 1.807) is 4.68 Å². The van der Waals surface area contributed by atoms with Crippen molar-refractivity contribution in [2.45, 2.75) is 46.2 Å². The van der Waals surface area contributed by atoms with E-state index in [9.17, 15) is 4.79 Å². The van der Waals surface area contributed by atoms with Crippen LogP contribution in [0.4, 0.5) is 0 Å². The number of aromatic nitrogens is 4. The van der Waals surface area contributed by atoms with Crippen molar-refractivity contribution in [1.82, 2.24) is 25.5 Å². The molecule has 3 aromatic rings. The number of aryl methyl sites for hydroxylation is 3. The van der Waals surface area contributed by atoms with E-state index >= 15 is 0 Å². The molecule has 0 saturated heterocycles. The van der Waals surface area contributed by atoms with Crippen LogP contribution in [0.25, 0.3) is 5.69 Å². The smallest absolute Gasteiger partial charge is 0.230 e. The first kappa shape index (κ1) is 24.6. The first-order chi connectivity index (χ1) is 15.9. The highest BCUT2D eigenvalue weighted by atomic mass is 32.2. The summed E-state index contributed by atoms with van der Waals surface area (Å²) in [6, 6.07) is 10.1.